The lowest BCUT2D eigenvalue weighted by atomic mass is 10.1. The van der Waals surface area contributed by atoms with Gasteiger partial charge in [-0.2, -0.15) is 5.10 Å². The monoisotopic (exact) mass is 270 g/mol. The number of halogens is 1. The Morgan fingerprint density at radius 2 is 1.74 bits per heavy atom. The highest BCUT2D eigenvalue weighted by Crippen LogP contribution is 2.21. The molecule has 1 aromatic heterocycles. The normalized spacial score (nSPS) is 10.6. The van der Waals surface area contributed by atoms with Gasteiger partial charge < -0.3 is 4.74 Å². The first-order chi connectivity index (χ1) is 9.31. The Kier molecular flexibility index (Phi) is 3.29. The van der Waals surface area contributed by atoms with E-state index in [2.05, 4.69) is 22.3 Å². The predicted octanol–water partition coefficient (Wildman–Crippen LogP) is 3.86. The van der Waals surface area contributed by atoms with E-state index in [1.165, 1.54) is 5.39 Å². The molecule has 0 aliphatic carbocycles. The molecule has 0 spiro atoms. The zero-order valence-corrected chi connectivity index (χ0v) is 10.8. The largest absolute Gasteiger partial charge is 0.487 e. The topological polar surface area (TPSA) is 35.0 Å². The maximum atomic E-state index is 5.69. The summed E-state index contributed by atoms with van der Waals surface area (Å²) in [6, 6.07) is 17.7. The summed E-state index contributed by atoms with van der Waals surface area (Å²) >= 11 is 5.68. The average molecular weight is 271 g/mol. The quantitative estimate of drug-likeness (QED) is 0.725. The molecule has 0 aliphatic heterocycles. The molecule has 94 valence electrons. The van der Waals surface area contributed by atoms with Crippen molar-refractivity contribution in [1.29, 1.82) is 0 Å². The van der Waals surface area contributed by atoms with Crippen LogP contribution < -0.4 is 4.74 Å². The predicted molar refractivity (Wildman–Crippen MR) is 75.3 cm³/mol. The summed E-state index contributed by atoms with van der Waals surface area (Å²) in [6.07, 6.45) is 0. The van der Waals surface area contributed by atoms with Crippen LogP contribution in [0.5, 0.6) is 5.75 Å². The van der Waals surface area contributed by atoms with Crippen LogP contribution in [-0.4, -0.2) is 10.2 Å². The zero-order chi connectivity index (χ0) is 13.1. The van der Waals surface area contributed by atoms with E-state index in [9.17, 15) is 0 Å². The summed E-state index contributed by atoms with van der Waals surface area (Å²) in [4.78, 5) is 0. The zero-order valence-electron chi connectivity index (χ0n) is 10.1. The van der Waals surface area contributed by atoms with Crippen LogP contribution in [0.2, 0.25) is 5.15 Å². The van der Waals surface area contributed by atoms with Crippen molar-refractivity contribution < 1.29 is 4.74 Å². The second-order valence-corrected chi connectivity index (χ2v) is 4.53. The van der Waals surface area contributed by atoms with Crippen LogP contribution in [0.1, 0.15) is 5.69 Å². The van der Waals surface area contributed by atoms with E-state index in [1.54, 1.807) is 12.1 Å². The number of hydrogen-bond acceptors (Lipinski definition) is 3. The van der Waals surface area contributed by atoms with E-state index >= 15 is 0 Å². The Balaban J connectivity index is 1.76. The van der Waals surface area contributed by atoms with Crippen LogP contribution in [0, 0.1) is 0 Å². The van der Waals surface area contributed by atoms with E-state index < -0.39 is 0 Å². The minimum atomic E-state index is 0.377. The van der Waals surface area contributed by atoms with Gasteiger partial charge in [-0.25, -0.2) is 0 Å². The van der Waals surface area contributed by atoms with Gasteiger partial charge in [0.15, 0.2) is 5.15 Å². The van der Waals surface area contributed by atoms with Gasteiger partial charge in [0.05, 0.1) is 0 Å². The molecule has 3 aromatic rings. The summed E-state index contributed by atoms with van der Waals surface area (Å²) in [6.45, 7) is 0.377. The molecular formula is C15H11ClN2O. The molecule has 0 amide bonds. The van der Waals surface area contributed by atoms with E-state index in [1.807, 2.05) is 30.3 Å². The first-order valence-corrected chi connectivity index (χ1v) is 6.29. The smallest absolute Gasteiger partial charge is 0.151 e. The fourth-order valence-electron chi connectivity index (χ4n) is 1.84. The maximum Gasteiger partial charge on any atom is 0.151 e. The minimum absolute atomic E-state index is 0.377. The second-order valence-electron chi connectivity index (χ2n) is 4.15. The highest BCUT2D eigenvalue weighted by molar-refractivity contribution is 6.29. The molecule has 4 heteroatoms. The van der Waals surface area contributed by atoms with Crippen LogP contribution in [0.25, 0.3) is 10.8 Å². The van der Waals surface area contributed by atoms with Crippen molar-refractivity contribution in [1.82, 2.24) is 10.2 Å². The van der Waals surface area contributed by atoms with Gasteiger partial charge in [0.2, 0.25) is 0 Å². The molecule has 3 nitrogen and oxygen atoms in total. The highest BCUT2D eigenvalue weighted by Gasteiger charge is 2.00. The molecule has 1 heterocycles. The van der Waals surface area contributed by atoms with Crippen molar-refractivity contribution in [2.45, 2.75) is 6.61 Å². The number of nitrogens with zero attached hydrogens (tertiary/aromatic N) is 2. The number of benzene rings is 2. The third kappa shape index (κ3) is 2.83. The Labute approximate surface area is 115 Å². The Hall–Kier alpha value is -2.13. The highest BCUT2D eigenvalue weighted by atomic mass is 35.5. The summed E-state index contributed by atoms with van der Waals surface area (Å²) in [5.74, 6) is 0.815. The summed E-state index contributed by atoms with van der Waals surface area (Å²) in [5.41, 5.74) is 0.748. The second kappa shape index (κ2) is 5.24. The number of hydrogen-bond donors (Lipinski definition) is 0. The van der Waals surface area contributed by atoms with Crippen molar-refractivity contribution in [3.05, 3.63) is 65.4 Å². The molecule has 0 bridgehead atoms. The van der Waals surface area contributed by atoms with Gasteiger partial charge in [0, 0.05) is 0 Å². The van der Waals surface area contributed by atoms with Crippen LogP contribution in [0.15, 0.2) is 54.6 Å². The van der Waals surface area contributed by atoms with Crippen molar-refractivity contribution in [3.63, 3.8) is 0 Å². The number of aromatic nitrogens is 2. The standard InChI is InChI=1S/C15H11ClN2O/c16-15-8-6-13(17-18-15)10-19-14-7-5-11-3-1-2-4-12(11)9-14/h1-9H,10H2. The molecule has 0 saturated heterocycles. The maximum absolute atomic E-state index is 5.69. The molecule has 0 radical (unpaired) electrons. The van der Waals surface area contributed by atoms with Gasteiger partial charge in [0.25, 0.3) is 0 Å². The fourth-order valence-corrected chi connectivity index (χ4v) is 1.94. The van der Waals surface area contributed by atoms with Gasteiger partial charge >= 0.3 is 0 Å². The summed E-state index contributed by atoms with van der Waals surface area (Å²) < 4.78 is 5.69. The lowest BCUT2D eigenvalue weighted by molar-refractivity contribution is 0.300. The van der Waals surface area contributed by atoms with E-state index in [0.29, 0.717) is 11.8 Å². The lowest BCUT2D eigenvalue weighted by Gasteiger charge is -2.06. The number of rotatable bonds is 3. The number of fused-ring (bicyclic) bond motifs is 1. The van der Waals surface area contributed by atoms with Crippen molar-refractivity contribution >= 4 is 22.4 Å². The van der Waals surface area contributed by atoms with Crippen LogP contribution >= 0.6 is 11.6 Å². The average Bonchev–Trinajstić information content (AvgIpc) is 2.46. The third-order valence-electron chi connectivity index (χ3n) is 2.79. The first-order valence-electron chi connectivity index (χ1n) is 5.91. The van der Waals surface area contributed by atoms with Gasteiger partial charge in [-0.1, -0.05) is 41.9 Å². The van der Waals surface area contributed by atoms with E-state index in [0.717, 1.165) is 16.8 Å². The molecule has 3 rings (SSSR count). The van der Waals surface area contributed by atoms with E-state index in [4.69, 9.17) is 16.3 Å². The Morgan fingerprint density at radius 3 is 2.53 bits per heavy atom. The molecule has 0 aliphatic rings. The fraction of sp³-hybridized carbons (Fsp3) is 0.0667. The SMILES string of the molecule is Clc1ccc(COc2ccc3ccccc3c2)nn1. The molecular weight excluding hydrogens is 260 g/mol. The molecule has 0 fully saturated rings. The Bertz CT molecular complexity index is 698. The third-order valence-corrected chi connectivity index (χ3v) is 3.00. The van der Waals surface area contributed by atoms with Crippen molar-refractivity contribution in [2.75, 3.05) is 0 Å². The van der Waals surface area contributed by atoms with Gasteiger partial charge in [0.1, 0.15) is 18.1 Å². The number of ether oxygens (including phenoxy) is 1. The van der Waals surface area contributed by atoms with Gasteiger partial charge in [-0.3, -0.25) is 0 Å². The molecule has 2 aromatic carbocycles. The molecule has 0 N–H and O–H groups in total. The molecule has 0 unspecified atom stereocenters. The summed E-state index contributed by atoms with van der Waals surface area (Å²) in [5, 5.41) is 10.5. The lowest BCUT2D eigenvalue weighted by Crippen LogP contribution is -1.99. The van der Waals surface area contributed by atoms with E-state index in [-0.39, 0.29) is 0 Å². The minimum Gasteiger partial charge on any atom is -0.487 e. The first kappa shape index (κ1) is 11.9. The summed E-state index contributed by atoms with van der Waals surface area (Å²) in [7, 11) is 0. The van der Waals surface area contributed by atoms with Crippen LogP contribution in [0.3, 0.4) is 0 Å². The molecule has 0 atom stereocenters. The van der Waals surface area contributed by atoms with Crippen molar-refractivity contribution in [2.24, 2.45) is 0 Å². The van der Waals surface area contributed by atoms with Crippen LogP contribution in [0.4, 0.5) is 0 Å². The molecule has 0 saturated carbocycles. The molecule has 19 heavy (non-hydrogen) atoms. The Morgan fingerprint density at radius 1 is 0.895 bits per heavy atom. The van der Waals surface area contributed by atoms with Gasteiger partial charge in [-0.15, -0.1) is 5.10 Å². The van der Waals surface area contributed by atoms with Gasteiger partial charge in [-0.05, 0) is 35.0 Å². The van der Waals surface area contributed by atoms with Crippen molar-refractivity contribution in [3.8, 4) is 5.75 Å². The van der Waals surface area contributed by atoms with Crippen LogP contribution in [-0.2, 0) is 6.61 Å².